The molecule has 4 rings (SSSR count). The van der Waals surface area contributed by atoms with Crippen LogP contribution < -0.4 is 0 Å². The molecule has 0 aliphatic heterocycles. The molecule has 166 valence electrons. The Hall–Kier alpha value is -3.84. The zero-order valence-corrected chi connectivity index (χ0v) is 18.1. The zero-order valence-electron chi connectivity index (χ0n) is 17.3. The molecule has 1 aromatic heterocycles. The summed E-state index contributed by atoms with van der Waals surface area (Å²) in [7, 11) is 0. The highest BCUT2D eigenvalue weighted by molar-refractivity contribution is 7.21. The fraction of sp³-hybridized carbons (Fsp3) is 0.0385. The molecule has 0 aliphatic rings. The molecule has 0 spiro atoms. The minimum Gasteiger partial charge on any atom is -0.506 e. The summed E-state index contributed by atoms with van der Waals surface area (Å²) in [5, 5.41) is 10.7. The number of carbonyl (C=O) groups excluding carboxylic acids is 1. The Bertz CT molecular complexity index is 1310. The molecular formula is C26H18F3NO2S. The third kappa shape index (κ3) is 4.27. The van der Waals surface area contributed by atoms with Gasteiger partial charge in [0.15, 0.2) is 0 Å². The Kier molecular flexibility index (Phi) is 5.82. The average Bonchev–Trinajstić information content (AvgIpc) is 3.15. The Labute approximate surface area is 192 Å². The van der Waals surface area contributed by atoms with Gasteiger partial charge < -0.3 is 5.11 Å². The summed E-state index contributed by atoms with van der Waals surface area (Å²) >= 11 is 0.914. The van der Waals surface area contributed by atoms with Crippen molar-refractivity contribution in [2.45, 2.75) is 6.18 Å². The molecule has 33 heavy (non-hydrogen) atoms. The number of benzene rings is 3. The van der Waals surface area contributed by atoms with Crippen LogP contribution in [0.1, 0.15) is 26.4 Å². The Balaban J connectivity index is 1.83. The van der Waals surface area contributed by atoms with Crippen LogP contribution in [-0.2, 0) is 6.18 Å². The molecule has 0 radical (unpaired) electrons. The number of fused-ring (bicyclic) bond motifs is 1. The number of carbonyl (C=O) groups is 1. The molecule has 1 amide bonds. The normalized spacial score (nSPS) is 11.4. The molecule has 1 heterocycles. The second-order valence-corrected chi connectivity index (χ2v) is 8.31. The molecule has 7 heteroatoms. The van der Waals surface area contributed by atoms with Crippen LogP contribution in [0.3, 0.4) is 0 Å². The molecule has 0 aliphatic carbocycles. The van der Waals surface area contributed by atoms with Gasteiger partial charge in [-0.15, -0.1) is 11.3 Å². The summed E-state index contributed by atoms with van der Waals surface area (Å²) in [4.78, 5) is 14.9. The van der Waals surface area contributed by atoms with E-state index in [1.54, 1.807) is 48.5 Å². The van der Waals surface area contributed by atoms with Gasteiger partial charge >= 0.3 is 6.18 Å². The molecule has 1 N–H and O–H groups in total. The van der Waals surface area contributed by atoms with Crippen LogP contribution in [-0.4, -0.2) is 15.9 Å². The fourth-order valence-corrected chi connectivity index (χ4v) is 4.44. The zero-order chi connectivity index (χ0) is 23.8. The highest BCUT2D eigenvalue weighted by atomic mass is 32.1. The van der Waals surface area contributed by atoms with E-state index in [1.807, 2.05) is 12.1 Å². The van der Waals surface area contributed by atoms with Crippen molar-refractivity contribution in [1.82, 2.24) is 4.90 Å². The topological polar surface area (TPSA) is 40.5 Å². The van der Waals surface area contributed by atoms with Crippen molar-refractivity contribution in [1.29, 1.82) is 0 Å². The maximum absolute atomic E-state index is 13.7. The lowest BCUT2D eigenvalue weighted by Crippen LogP contribution is -2.27. The molecule has 0 saturated heterocycles. The van der Waals surface area contributed by atoms with Crippen LogP contribution in [0.15, 0.2) is 92.0 Å². The minimum absolute atomic E-state index is 0.0335. The number of amides is 1. The molecule has 0 saturated carbocycles. The van der Waals surface area contributed by atoms with Gasteiger partial charge in [-0.05, 0) is 29.3 Å². The van der Waals surface area contributed by atoms with Gasteiger partial charge in [0.2, 0.25) is 0 Å². The second kappa shape index (κ2) is 8.60. The summed E-state index contributed by atoms with van der Waals surface area (Å²) in [6.07, 6.45) is -4.57. The number of aromatic hydroxyl groups is 1. The van der Waals surface area contributed by atoms with Crippen LogP contribution in [0.5, 0.6) is 5.75 Å². The Morgan fingerprint density at radius 1 is 0.848 bits per heavy atom. The SMILES string of the molecule is C=C(c1ccccc1)N(C(=C)c1ccccc1)C(=O)c1sc2ccc(C(F)(F)F)cc2c1O. The number of alkyl halides is 3. The van der Waals surface area contributed by atoms with E-state index in [0.717, 1.165) is 23.5 Å². The summed E-state index contributed by atoms with van der Waals surface area (Å²) in [5.41, 5.74) is 1.05. The Morgan fingerprint density at radius 3 is 1.85 bits per heavy atom. The van der Waals surface area contributed by atoms with Crippen LogP contribution >= 0.6 is 11.3 Å². The van der Waals surface area contributed by atoms with Crippen LogP contribution in [0, 0.1) is 0 Å². The molecule has 0 atom stereocenters. The van der Waals surface area contributed by atoms with E-state index >= 15 is 0 Å². The lowest BCUT2D eigenvalue weighted by atomic mass is 10.1. The molecule has 4 aromatic rings. The summed E-state index contributed by atoms with van der Waals surface area (Å²) in [5.74, 6) is -1.14. The number of halogens is 3. The molecule has 0 fully saturated rings. The molecule has 3 nitrogen and oxygen atoms in total. The maximum atomic E-state index is 13.7. The van der Waals surface area contributed by atoms with E-state index in [9.17, 15) is 23.1 Å². The lowest BCUT2D eigenvalue weighted by Gasteiger charge is -2.27. The Morgan fingerprint density at radius 2 is 1.36 bits per heavy atom. The third-order valence-corrected chi connectivity index (χ3v) is 6.29. The summed E-state index contributed by atoms with van der Waals surface area (Å²) in [6.45, 7) is 8.13. The fourth-order valence-electron chi connectivity index (χ4n) is 3.43. The number of rotatable bonds is 5. The van der Waals surface area contributed by atoms with Gasteiger partial charge in [-0.1, -0.05) is 73.8 Å². The highest BCUT2D eigenvalue weighted by Gasteiger charge is 2.33. The smallest absolute Gasteiger partial charge is 0.416 e. The van der Waals surface area contributed by atoms with Gasteiger partial charge in [-0.25, -0.2) is 0 Å². The highest BCUT2D eigenvalue weighted by Crippen LogP contribution is 2.42. The van der Waals surface area contributed by atoms with Crippen molar-refractivity contribution in [3.05, 3.63) is 114 Å². The van der Waals surface area contributed by atoms with E-state index in [-0.39, 0.29) is 10.3 Å². The number of thiophene rings is 1. The van der Waals surface area contributed by atoms with Gasteiger partial charge in [0.05, 0.1) is 5.56 Å². The monoisotopic (exact) mass is 465 g/mol. The van der Waals surface area contributed by atoms with E-state index in [2.05, 4.69) is 13.2 Å². The van der Waals surface area contributed by atoms with Crippen molar-refractivity contribution < 1.29 is 23.1 Å². The van der Waals surface area contributed by atoms with E-state index in [0.29, 0.717) is 27.2 Å². The molecule has 0 bridgehead atoms. The maximum Gasteiger partial charge on any atom is 0.416 e. The van der Waals surface area contributed by atoms with Gasteiger partial charge in [-0.3, -0.25) is 9.69 Å². The standard InChI is InChI=1S/C26H18F3NO2S/c1-16(18-9-5-3-6-10-18)30(17(2)19-11-7-4-8-12-19)25(32)24-23(31)21-15-20(26(27,28)29)13-14-22(21)33-24/h3-15,31H,1-2H2. The molecule has 3 aromatic carbocycles. The number of hydrogen-bond acceptors (Lipinski definition) is 3. The van der Waals surface area contributed by atoms with Gasteiger partial charge in [0.1, 0.15) is 10.6 Å². The van der Waals surface area contributed by atoms with Crippen LogP contribution in [0.2, 0.25) is 0 Å². The van der Waals surface area contributed by atoms with Crippen molar-refractivity contribution in [3.8, 4) is 5.75 Å². The van der Waals surface area contributed by atoms with Crippen molar-refractivity contribution >= 4 is 38.7 Å². The third-order valence-electron chi connectivity index (χ3n) is 5.14. The van der Waals surface area contributed by atoms with Crippen LogP contribution in [0.4, 0.5) is 13.2 Å². The lowest BCUT2D eigenvalue weighted by molar-refractivity contribution is -0.137. The quantitative estimate of drug-likeness (QED) is 0.333. The first-order valence-electron chi connectivity index (χ1n) is 9.84. The largest absolute Gasteiger partial charge is 0.506 e. The van der Waals surface area contributed by atoms with E-state index in [4.69, 9.17) is 0 Å². The number of hydrogen-bond donors (Lipinski definition) is 1. The van der Waals surface area contributed by atoms with E-state index < -0.39 is 23.4 Å². The minimum atomic E-state index is -4.57. The summed E-state index contributed by atoms with van der Waals surface area (Å²) < 4.78 is 39.8. The van der Waals surface area contributed by atoms with Gasteiger partial charge in [0.25, 0.3) is 5.91 Å². The van der Waals surface area contributed by atoms with Crippen molar-refractivity contribution in [2.24, 2.45) is 0 Å². The van der Waals surface area contributed by atoms with Gasteiger partial charge in [0, 0.05) is 21.5 Å². The predicted molar refractivity (Wildman–Crippen MR) is 126 cm³/mol. The second-order valence-electron chi connectivity index (χ2n) is 7.25. The van der Waals surface area contributed by atoms with Gasteiger partial charge in [-0.2, -0.15) is 13.2 Å². The number of nitrogens with zero attached hydrogens (tertiary/aromatic N) is 1. The first kappa shape index (κ1) is 22.4. The van der Waals surface area contributed by atoms with Crippen LogP contribution in [0.25, 0.3) is 21.5 Å². The van der Waals surface area contributed by atoms with Crippen molar-refractivity contribution in [2.75, 3.05) is 0 Å². The molecule has 0 unspecified atom stereocenters. The first-order chi connectivity index (χ1) is 15.7. The summed E-state index contributed by atoms with van der Waals surface area (Å²) in [6, 6.07) is 21.0. The predicted octanol–water partition coefficient (Wildman–Crippen LogP) is 7.41. The average molecular weight is 465 g/mol. The first-order valence-corrected chi connectivity index (χ1v) is 10.7. The molecular weight excluding hydrogens is 447 g/mol. The van der Waals surface area contributed by atoms with Crippen molar-refractivity contribution in [3.63, 3.8) is 0 Å². The van der Waals surface area contributed by atoms with E-state index in [1.165, 1.54) is 11.0 Å².